The van der Waals surface area contributed by atoms with Crippen molar-refractivity contribution >= 4 is 28.2 Å². The zero-order valence-electron chi connectivity index (χ0n) is 23.2. The van der Waals surface area contributed by atoms with Crippen molar-refractivity contribution in [3.63, 3.8) is 0 Å². The van der Waals surface area contributed by atoms with Crippen LogP contribution in [0.4, 0.5) is 4.39 Å². The molecule has 1 atom stereocenters. The molecule has 194 valence electrons. The Morgan fingerprint density at radius 1 is 1.08 bits per heavy atom. The van der Waals surface area contributed by atoms with Crippen LogP contribution < -0.4 is 0 Å². The van der Waals surface area contributed by atoms with Crippen molar-refractivity contribution < 1.29 is 4.39 Å². The number of H-pyrrole nitrogens is 1. The summed E-state index contributed by atoms with van der Waals surface area (Å²) in [6.45, 7) is 16.8. The second-order valence-corrected chi connectivity index (χ2v) is 10.2. The van der Waals surface area contributed by atoms with Crippen molar-refractivity contribution in [1.82, 2.24) is 4.98 Å². The van der Waals surface area contributed by atoms with Crippen molar-refractivity contribution in [2.45, 2.75) is 87.0 Å². The summed E-state index contributed by atoms with van der Waals surface area (Å²) in [5.41, 5.74) is 9.26. The minimum atomic E-state index is -0.373. The van der Waals surface area contributed by atoms with Crippen molar-refractivity contribution in [2.24, 2.45) is 4.99 Å². The highest BCUT2D eigenvalue weighted by molar-refractivity contribution is 6.31. The number of rotatable bonds is 8. The van der Waals surface area contributed by atoms with Crippen molar-refractivity contribution in [3.8, 4) is 0 Å². The topological polar surface area (TPSA) is 28.1 Å². The number of hydrogen-bond donors (Lipinski definition) is 1. The van der Waals surface area contributed by atoms with Crippen LogP contribution in [-0.4, -0.2) is 10.7 Å². The zero-order valence-corrected chi connectivity index (χ0v) is 24.0. The van der Waals surface area contributed by atoms with Crippen LogP contribution in [0.5, 0.6) is 0 Å². The number of aryl methyl sites for hydroxylation is 2. The molecule has 0 saturated heterocycles. The number of aliphatic imine (C=N–C) groups is 1. The van der Waals surface area contributed by atoms with E-state index in [0.29, 0.717) is 0 Å². The Morgan fingerprint density at radius 3 is 2.33 bits per heavy atom. The van der Waals surface area contributed by atoms with Gasteiger partial charge in [-0.3, -0.25) is 4.99 Å². The molecule has 0 bridgehead atoms. The van der Waals surface area contributed by atoms with E-state index in [-0.39, 0.29) is 16.8 Å². The molecule has 0 aliphatic rings. The molecule has 36 heavy (non-hydrogen) atoms. The highest BCUT2D eigenvalue weighted by atomic mass is 35.5. The van der Waals surface area contributed by atoms with Gasteiger partial charge in [0.2, 0.25) is 0 Å². The number of allylic oxidation sites excluding steroid dienone is 4. The Hall–Kier alpha value is -2.65. The number of benzene rings is 2. The molecule has 0 spiro atoms. The molecule has 3 aromatic rings. The van der Waals surface area contributed by atoms with E-state index in [1.807, 2.05) is 13.8 Å². The molecule has 1 heterocycles. The van der Waals surface area contributed by atoms with Crippen LogP contribution in [0.2, 0.25) is 5.02 Å². The third kappa shape index (κ3) is 8.48. The summed E-state index contributed by atoms with van der Waals surface area (Å²) in [7, 11) is 0. The number of halogens is 2. The molecule has 0 radical (unpaired) electrons. The summed E-state index contributed by atoms with van der Waals surface area (Å²) >= 11 is 6.03. The van der Waals surface area contributed by atoms with E-state index in [0.717, 1.165) is 48.0 Å². The third-order valence-corrected chi connectivity index (χ3v) is 6.41. The molecule has 0 fully saturated rings. The molecule has 1 unspecified atom stereocenters. The van der Waals surface area contributed by atoms with Crippen LogP contribution in [0.3, 0.4) is 0 Å². The molecular formula is C32H42ClFN2. The average molecular weight is 509 g/mol. The largest absolute Gasteiger partial charge is 0.358 e. The van der Waals surface area contributed by atoms with Gasteiger partial charge in [0, 0.05) is 33.9 Å². The van der Waals surface area contributed by atoms with E-state index in [1.165, 1.54) is 34.0 Å². The van der Waals surface area contributed by atoms with Crippen LogP contribution in [0.15, 0.2) is 64.8 Å². The van der Waals surface area contributed by atoms with E-state index in [4.69, 9.17) is 11.6 Å². The summed E-state index contributed by atoms with van der Waals surface area (Å²) in [6.07, 6.45) is 8.48. The first kappa shape index (κ1) is 29.6. The van der Waals surface area contributed by atoms with Gasteiger partial charge in [0.05, 0.1) is 5.02 Å². The van der Waals surface area contributed by atoms with E-state index in [1.54, 1.807) is 6.07 Å². The van der Waals surface area contributed by atoms with Crippen LogP contribution >= 0.6 is 11.6 Å². The molecule has 0 saturated carbocycles. The maximum absolute atomic E-state index is 13.9. The Balaban J connectivity index is 0.000000324. The molecule has 0 amide bonds. The SMILES string of the molecule is CC/C=C(\C)N=C(C)C=C(C)C.CCCCc1c(C(C)c2ccc(C)cc2)[nH]c2cc(F)c(Cl)cc12. The number of aromatic amines is 1. The lowest BCUT2D eigenvalue weighted by Crippen LogP contribution is -2.01. The third-order valence-electron chi connectivity index (χ3n) is 6.12. The lowest BCUT2D eigenvalue weighted by atomic mass is 9.92. The Kier molecular flexibility index (Phi) is 11.7. The summed E-state index contributed by atoms with van der Waals surface area (Å²) in [6, 6.07) is 11.9. The Morgan fingerprint density at radius 2 is 1.75 bits per heavy atom. The molecule has 0 aliphatic heterocycles. The number of hydrogen-bond acceptors (Lipinski definition) is 1. The minimum Gasteiger partial charge on any atom is -0.358 e. The zero-order chi connectivity index (χ0) is 26.8. The van der Waals surface area contributed by atoms with Crippen LogP contribution in [-0.2, 0) is 6.42 Å². The lowest BCUT2D eigenvalue weighted by molar-refractivity contribution is 0.630. The average Bonchev–Trinajstić information content (AvgIpc) is 3.15. The fourth-order valence-corrected chi connectivity index (χ4v) is 4.51. The molecule has 0 aliphatic carbocycles. The summed E-state index contributed by atoms with van der Waals surface area (Å²) < 4.78 is 13.9. The lowest BCUT2D eigenvalue weighted by Gasteiger charge is -2.14. The van der Waals surface area contributed by atoms with E-state index in [9.17, 15) is 4.39 Å². The highest BCUT2D eigenvalue weighted by Crippen LogP contribution is 2.35. The Bertz CT molecular complexity index is 1230. The summed E-state index contributed by atoms with van der Waals surface area (Å²) in [5.74, 6) is -0.145. The molecule has 3 rings (SSSR count). The van der Waals surface area contributed by atoms with Gasteiger partial charge in [0.1, 0.15) is 5.82 Å². The van der Waals surface area contributed by atoms with Crippen LogP contribution in [0, 0.1) is 12.7 Å². The smallest absolute Gasteiger partial charge is 0.143 e. The van der Waals surface area contributed by atoms with Crippen molar-refractivity contribution in [3.05, 3.63) is 93.0 Å². The molecule has 1 N–H and O–H groups in total. The maximum atomic E-state index is 13.9. The summed E-state index contributed by atoms with van der Waals surface area (Å²) in [4.78, 5) is 7.86. The highest BCUT2D eigenvalue weighted by Gasteiger charge is 2.19. The van der Waals surface area contributed by atoms with Gasteiger partial charge in [0.25, 0.3) is 0 Å². The van der Waals surface area contributed by atoms with E-state index in [2.05, 4.69) is 87.9 Å². The maximum Gasteiger partial charge on any atom is 0.143 e. The van der Waals surface area contributed by atoms with E-state index < -0.39 is 0 Å². The normalized spacial score (nSPS) is 12.8. The van der Waals surface area contributed by atoms with Gasteiger partial charge in [-0.1, -0.05) is 80.3 Å². The number of nitrogens with zero attached hydrogens (tertiary/aromatic N) is 1. The van der Waals surface area contributed by atoms with Gasteiger partial charge in [-0.2, -0.15) is 0 Å². The quantitative estimate of drug-likeness (QED) is 0.293. The monoisotopic (exact) mass is 508 g/mol. The predicted octanol–water partition coefficient (Wildman–Crippen LogP) is 10.5. The first-order chi connectivity index (χ1) is 17.1. The molecular weight excluding hydrogens is 467 g/mol. The standard InChI is InChI=1S/C21H23ClFN.C11H19N/c1-4-5-6-16-17-11-18(22)19(23)12-20(17)24-21(16)14(3)15-9-7-13(2)8-10-15;1-6-7-10(4)12-11(5)8-9(2)3/h7-12,14,24H,4-6H2,1-3H3;7-8H,6H2,1-5H3/b;10-7+,12-11?. The minimum absolute atomic E-state index is 0.189. The first-order valence-electron chi connectivity index (χ1n) is 13.0. The molecule has 1 aromatic heterocycles. The van der Waals surface area contributed by atoms with Crippen LogP contribution in [0.25, 0.3) is 10.9 Å². The van der Waals surface area contributed by atoms with E-state index >= 15 is 0 Å². The first-order valence-corrected chi connectivity index (χ1v) is 13.4. The number of nitrogens with one attached hydrogen (secondary N) is 1. The molecule has 2 aromatic carbocycles. The molecule has 4 heteroatoms. The van der Waals surface area contributed by atoms with Crippen molar-refractivity contribution in [1.29, 1.82) is 0 Å². The van der Waals surface area contributed by atoms with Crippen LogP contribution in [0.1, 0.15) is 96.0 Å². The summed E-state index contributed by atoms with van der Waals surface area (Å²) in [5, 5.41) is 1.23. The fraction of sp³-hybridized carbons (Fsp3) is 0.406. The van der Waals surface area contributed by atoms with Gasteiger partial charge < -0.3 is 4.98 Å². The fourth-order valence-electron chi connectivity index (χ4n) is 4.35. The number of aromatic nitrogens is 1. The number of unbranched alkanes of at least 4 members (excludes halogenated alkanes) is 1. The Labute approximate surface area is 222 Å². The van der Waals surface area contributed by atoms with Gasteiger partial charge >= 0.3 is 0 Å². The number of fused-ring (bicyclic) bond motifs is 1. The second-order valence-electron chi connectivity index (χ2n) is 9.79. The van der Waals surface area contributed by atoms with Gasteiger partial charge in [-0.15, -0.1) is 0 Å². The van der Waals surface area contributed by atoms with Gasteiger partial charge in [-0.25, -0.2) is 4.39 Å². The molecule has 2 nitrogen and oxygen atoms in total. The predicted molar refractivity (Wildman–Crippen MR) is 157 cm³/mol. The van der Waals surface area contributed by atoms with Gasteiger partial charge in [-0.05, 0) is 83.2 Å². The van der Waals surface area contributed by atoms with Gasteiger partial charge in [0.15, 0.2) is 0 Å². The second kappa shape index (κ2) is 14.2. The van der Waals surface area contributed by atoms with Crippen molar-refractivity contribution in [2.75, 3.05) is 0 Å².